The molecule has 0 amide bonds. The van der Waals surface area contributed by atoms with Crippen LogP contribution in [-0.4, -0.2) is 29.5 Å². The van der Waals surface area contributed by atoms with Crippen LogP contribution in [0.2, 0.25) is 10.0 Å². The van der Waals surface area contributed by atoms with E-state index < -0.39 is 0 Å². The molecule has 2 aromatic heterocycles. The molecule has 0 aliphatic heterocycles. The summed E-state index contributed by atoms with van der Waals surface area (Å²) < 4.78 is 3.67. The van der Waals surface area contributed by atoms with Crippen LogP contribution in [-0.2, 0) is 0 Å². The van der Waals surface area contributed by atoms with Crippen molar-refractivity contribution < 1.29 is 0 Å². The zero-order valence-corrected chi connectivity index (χ0v) is 22.8. The molecule has 0 aliphatic carbocycles. The lowest BCUT2D eigenvalue weighted by molar-refractivity contribution is 0.838. The highest BCUT2D eigenvalue weighted by Gasteiger charge is 2.18. The van der Waals surface area contributed by atoms with E-state index in [0.717, 1.165) is 34.2 Å². The number of hydrogen-bond donors (Lipinski definition) is 0. The van der Waals surface area contributed by atoms with Crippen LogP contribution in [0.5, 0.6) is 0 Å². The van der Waals surface area contributed by atoms with Crippen molar-refractivity contribution in [3.63, 3.8) is 0 Å². The van der Waals surface area contributed by atoms with Crippen LogP contribution in [0.4, 0.5) is 0 Å². The van der Waals surface area contributed by atoms with Crippen LogP contribution in [0, 0.1) is 0 Å². The van der Waals surface area contributed by atoms with E-state index >= 15 is 0 Å². The Kier molecular flexibility index (Phi) is 7.20. The Morgan fingerprint density at radius 1 is 0.474 bits per heavy atom. The van der Waals surface area contributed by atoms with Crippen molar-refractivity contribution >= 4 is 44.8 Å². The lowest BCUT2D eigenvalue weighted by Crippen LogP contribution is -1.99. The maximum absolute atomic E-state index is 6.12. The van der Waals surface area contributed by atoms with Crippen LogP contribution in [0.3, 0.4) is 0 Å². The molecule has 2 heterocycles. The molecule has 0 aliphatic rings. The summed E-state index contributed by atoms with van der Waals surface area (Å²) in [5, 5.41) is 12.1. The topological polar surface area (TPSA) is 61.4 Å². The van der Waals surface area contributed by atoms with Gasteiger partial charge in [-0.3, -0.25) is 0 Å². The second kappa shape index (κ2) is 11.0. The molecule has 0 fully saturated rings. The van der Waals surface area contributed by atoms with E-state index in [9.17, 15) is 0 Å². The predicted octanol–water partition coefficient (Wildman–Crippen LogP) is 8.29. The molecule has 38 heavy (non-hydrogen) atoms. The molecule has 6 nitrogen and oxygen atoms in total. The molecule has 186 valence electrons. The van der Waals surface area contributed by atoms with Crippen molar-refractivity contribution in [2.24, 2.45) is 0 Å². The molecule has 0 N–H and O–H groups in total. The van der Waals surface area contributed by atoms with E-state index in [1.165, 1.54) is 21.6 Å². The predicted molar refractivity (Wildman–Crippen MR) is 155 cm³/mol. The first kappa shape index (κ1) is 24.8. The van der Waals surface area contributed by atoms with Crippen molar-refractivity contribution in [1.29, 1.82) is 0 Å². The first-order valence-corrected chi connectivity index (χ1v) is 14.5. The Labute approximate surface area is 237 Å². The highest BCUT2D eigenvalue weighted by Crippen LogP contribution is 2.37. The van der Waals surface area contributed by atoms with Crippen molar-refractivity contribution in [2.75, 3.05) is 0 Å². The van der Waals surface area contributed by atoms with Gasteiger partial charge in [0, 0.05) is 21.2 Å². The van der Waals surface area contributed by atoms with E-state index in [1.54, 1.807) is 0 Å². The first-order chi connectivity index (χ1) is 18.6. The number of aromatic nitrogens is 6. The molecule has 0 radical (unpaired) electrons. The van der Waals surface area contributed by atoms with Crippen LogP contribution in [0.1, 0.15) is 0 Å². The maximum atomic E-state index is 6.12. The minimum atomic E-state index is 0.591. The molecule has 0 atom stereocenters. The summed E-state index contributed by atoms with van der Waals surface area (Å²) >= 11 is 12.2. The molecule has 6 rings (SSSR count). The summed E-state index contributed by atoms with van der Waals surface area (Å²) in [5.41, 5.74) is 3.66. The number of para-hydroxylation sites is 2. The summed E-state index contributed by atoms with van der Waals surface area (Å²) in [5.74, 6) is 1.45. The summed E-state index contributed by atoms with van der Waals surface area (Å²) in [6.07, 6.45) is 0. The van der Waals surface area contributed by atoms with Gasteiger partial charge in [-0.15, -0.1) is 10.2 Å². The van der Waals surface area contributed by atoms with E-state index in [1.807, 2.05) is 119 Å². The Morgan fingerprint density at radius 2 is 0.842 bits per heavy atom. The van der Waals surface area contributed by atoms with Crippen LogP contribution >= 0.6 is 44.8 Å². The second-order valence-electron chi connectivity index (χ2n) is 8.11. The van der Waals surface area contributed by atoms with Gasteiger partial charge in [-0.05, 0) is 94.4 Å². The SMILES string of the molecule is Clc1ccc(-c2nc(SSc3nc(-c4ccc(Cl)cc4)n(-c4ccccc4)n3)nn2-c2ccccc2)cc1. The van der Waals surface area contributed by atoms with E-state index in [-0.39, 0.29) is 0 Å². The third-order valence-corrected chi connectivity index (χ3v) is 7.95. The zero-order chi connectivity index (χ0) is 25.9. The highest BCUT2D eigenvalue weighted by atomic mass is 35.5. The molecular formula is C28H18Cl2N6S2. The average Bonchev–Trinajstić information content (AvgIpc) is 3.59. The molecule has 0 bridgehead atoms. The van der Waals surface area contributed by atoms with Crippen LogP contribution in [0.25, 0.3) is 34.2 Å². The van der Waals surface area contributed by atoms with E-state index in [2.05, 4.69) is 0 Å². The maximum Gasteiger partial charge on any atom is 0.220 e. The normalized spacial score (nSPS) is 11.1. The molecular weight excluding hydrogens is 555 g/mol. The molecule has 4 aromatic carbocycles. The minimum Gasteiger partial charge on any atom is -0.212 e. The minimum absolute atomic E-state index is 0.591. The fraction of sp³-hybridized carbons (Fsp3) is 0. The van der Waals surface area contributed by atoms with E-state index in [0.29, 0.717) is 20.4 Å². The fourth-order valence-electron chi connectivity index (χ4n) is 3.80. The van der Waals surface area contributed by atoms with Gasteiger partial charge in [0.2, 0.25) is 10.3 Å². The van der Waals surface area contributed by atoms with Crippen molar-refractivity contribution in [2.45, 2.75) is 10.3 Å². The van der Waals surface area contributed by atoms with Gasteiger partial charge in [0.1, 0.15) is 0 Å². The van der Waals surface area contributed by atoms with Crippen LogP contribution < -0.4 is 0 Å². The standard InChI is InChI=1S/C28H18Cl2N6S2/c29-21-15-11-19(12-16-21)25-31-27(33-35(25)23-7-3-1-4-8-23)37-38-28-32-26(20-13-17-22(30)18-14-20)36(34-28)24-9-5-2-6-10-24/h1-18H. The number of nitrogens with zero attached hydrogens (tertiary/aromatic N) is 6. The van der Waals surface area contributed by atoms with Gasteiger partial charge in [-0.25, -0.2) is 19.3 Å². The number of hydrogen-bond acceptors (Lipinski definition) is 6. The van der Waals surface area contributed by atoms with Gasteiger partial charge in [-0.1, -0.05) is 59.6 Å². The molecule has 0 spiro atoms. The monoisotopic (exact) mass is 572 g/mol. The average molecular weight is 574 g/mol. The summed E-state index contributed by atoms with van der Waals surface area (Å²) in [6.45, 7) is 0. The van der Waals surface area contributed by atoms with Gasteiger partial charge >= 0.3 is 0 Å². The van der Waals surface area contributed by atoms with Gasteiger partial charge < -0.3 is 0 Å². The van der Waals surface area contributed by atoms with Crippen molar-refractivity contribution in [3.05, 3.63) is 119 Å². The van der Waals surface area contributed by atoms with Gasteiger partial charge in [-0.2, -0.15) is 0 Å². The quantitative estimate of drug-likeness (QED) is 0.179. The fourth-order valence-corrected chi connectivity index (χ4v) is 5.55. The summed E-state index contributed by atoms with van der Waals surface area (Å²) in [4.78, 5) is 9.66. The number of halogens is 2. The third-order valence-electron chi connectivity index (χ3n) is 5.57. The zero-order valence-electron chi connectivity index (χ0n) is 19.6. The third kappa shape index (κ3) is 5.35. The molecule has 6 aromatic rings. The lowest BCUT2D eigenvalue weighted by Gasteiger charge is -2.05. The Balaban J connectivity index is 1.33. The largest absolute Gasteiger partial charge is 0.220 e. The smallest absolute Gasteiger partial charge is 0.212 e. The number of benzene rings is 4. The Morgan fingerprint density at radius 3 is 1.21 bits per heavy atom. The van der Waals surface area contributed by atoms with Gasteiger partial charge in [0.15, 0.2) is 11.6 Å². The van der Waals surface area contributed by atoms with Crippen LogP contribution in [0.15, 0.2) is 120 Å². The molecule has 0 unspecified atom stereocenters. The van der Waals surface area contributed by atoms with Crippen molar-refractivity contribution in [1.82, 2.24) is 29.5 Å². The summed E-state index contributed by atoms with van der Waals surface area (Å²) in [7, 11) is 2.81. The van der Waals surface area contributed by atoms with Gasteiger partial charge in [0.05, 0.1) is 11.4 Å². The molecule has 0 saturated carbocycles. The highest BCUT2D eigenvalue weighted by molar-refractivity contribution is 8.76. The number of rotatable bonds is 7. The van der Waals surface area contributed by atoms with E-state index in [4.69, 9.17) is 43.4 Å². The molecule has 0 saturated heterocycles. The Hall–Kier alpha value is -3.56. The lowest BCUT2D eigenvalue weighted by atomic mass is 10.2. The summed E-state index contributed by atoms with van der Waals surface area (Å²) in [6, 6.07) is 35.0. The second-order valence-corrected chi connectivity index (χ2v) is 11.0. The van der Waals surface area contributed by atoms with Crippen molar-refractivity contribution in [3.8, 4) is 34.2 Å². The Bertz CT molecular complexity index is 1540. The molecule has 10 heteroatoms. The van der Waals surface area contributed by atoms with Gasteiger partial charge in [0.25, 0.3) is 0 Å². The first-order valence-electron chi connectivity index (χ1n) is 11.6.